The topological polar surface area (TPSA) is 49.4 Å². The Hall–Kier alpha value is -1.43. The van der Waals surface area contributed by atoms with Crippen LogP contribution in [0.1, 0.15) is 25.3 Å². The fourth-order valence-electron chi connectivity index (χ4n) is 2.41. The van der Waals surface area contributed by atoms with Crippen LogP contribution in [0.3, 0.4) is 0 Å². The molecule has 1 aromatic carbocycles. The fraction of sp³-hybridized carbons (Fsp3) is 0.429. The number of benzene rings is 1. The van der Waals surface area contributed by atoms with E-state index in [-0.39, 0.29) is 17.6 Å². The maximum absolute atomic E-state index is 13.4. The van der Waals surface area contributed by atoms with Crippen molar-refractivity contribution in [2.75, 3.05) is 11.9 Å². The molecule has 0 unspecified atom stereocenters. The minimum atomic E-state index is -0.435. The normalized spacial score (nSPS) is 18.2. The van der Waals surface area contributed by atoms with Gasteiger partial charge in [0.15, 0.2) is 0 Å². The Balaban J connectivity index is 2.16. The largest absolute Gasteiger partial charge is 0.331 e. The van der Waals surface area contributed by atoms with E-state index in [2.05, 4.69) is 21.2 Å². The fourth-order valence-corrected chi connectivity index (χ4v) is 2.76. The lowest BCUT2D eigenvalue weighted by Crippen LogP contribution is -2.42. The third-order valence-electron chi connectivity index (χ3n) is 3.49. The Bertz CT molecular complexity index is 562. The van der Waals surface area contributed by atoms with Crippen LogP contribution in [0.2, 0.25) is 0 Å². The molecule has 1 atom stereocenters. The number of rotatable bonds is 2. The van der Waals surface area contributed by atoms with Gasteiger partial charge in [-0.3, -0.25) is 9.59 Å². The van der Waals surface area contributed by atoms with E-state index in [1.165, 1.54) is 19.1 Å². The van der Waals surface area contributed by atoms with Crippen molar-refractivity contribution in [1.82, 2.24) is 4.90 Å². The summed E-state index contributed by atoms with van der Waals surface area (Å²) < 4.78 is 13.7. The highest BCUT2D eigenvalue weighted by Crippen LogP contribution is 2.25. The lowest BCUT2D eigenvalue weighted by Gasteiger charge is -2.22. The Labute approximate surface area is 125 Å². The average Bonchev–Trinajstić information content (AvgIpc) is 2.85. The van der Waals surface area contributed by atoms with Gasteiger partial charge >= 0.3 is 0 Å². The molecule has 0 aliphatic carbocycles. The third-order valence-corrected chi connectivity index (χ3v) is 4.09. The van der Waals surface area contributed by atoms with Crippen LogP contribution in [0, 0.1) is 12.7 Å². The van der Waals surface area contributed by atoms with Crippen molar-refractivity contribution in [3.63, 3.8) is 0 Å². The van der Waals surface area contributed by atoms with Crippen LogP contribution >= 0.6 is 15.9 Å². The molecule has 0 spiro atoms. The monoisotopic (exact) mass is 342 g/mol. The lowest BCUT2D eigenvalue weighted by molar-refractivity contribution is -0.134. The van der Waals surface area contributed by atoms with E-state index in [1.807, 2.05) is 0 Å². The van der Waals surface area contributed by atoms with E-state index in [0.717, 1.165) is 6.42 Å². The van der Waals surface area contributed by atoms with Crippen LogP contribution in [-0.4, -0.2) is 29.3 Å². The van der Waals surface area contributed by atoms with Crippen molar-refractivity contribution in [3.05, 3.63) is 28.0 Å². The van der Waals surface area contributed by atoms with Gasteiger partial charge in [-0.25, -0.2) is 4.39 Å². The zero-order valence-electron chi connectivity index (χ0n) is 11.4. The van der Waals surface area contributed by atoms with Gasteiger partial charge < -0.3 is 10.2 Å². The van der Waals surface area contributed by atoms with Gasteiger partial charge in [-0.2, -0.15) is 0 Å². The van der Waals surface area contributed by atoms with Gasteiger partial charge in [0, 0.05) is 19.2 Å². The van der Waals surface area contributed by atoms with Crippen LogP contribution < -0.4 is 5.32 Å². The van der Waals surface area contributed by atoms with Crippen LogP contribution in [-0.2, 0) is 9.59 Å². The minimum Gasteiger partial charge on any atom is -0.331 e. The van der Waals surface area contributed by atoms with Crippen molar-refractivity contribution < 1.29 is 14.0 Å². The first kappa shape index (κ1) is 15.0. The molecule has 1 saturated heterocycles. The molecular formula is C14H16BrFN2O2. The summed E-state index contributed by atoms with van der Waals surface area (Å²) in [5.41, 5.74) is 1.20. The Kier molecular flexibility index (Phi) is 4.42. The average molecular weight is 343 g/mol. The molecule has 1 heterocycles. The molecule has 108 valence electrons. The minimum absolute atomic E-state index is 0.0975. The Morgan fingerprint density at radius 3 is 2.80 bits per heavy atom. The second-order valence-corrected chi connectivity index (χ2v) is 5.80. The summed E-state index contributed by atoms with van der Waals surface area (Å²) in [6.45, 7) is 3.80. The highest BCUT2D eigenvalue weighted by Gasteiger charge is 2.32. The van der Waals surface area contributed by atoms with E-state index >= 15 is 0 Å². The molecule has 2 rings (SSSR count). The molecule has 20 heavy (non-hydrogen) atoms. The summed E-state index contributed by atoms with van der Waals surface area (Å²) in [5.74, 6) is -0.689. The second-order valence-electron chi connectivity index (χ2n) is 4.94. The molecule has 1 aromatic rings. The number of anilines is 1. The van der Waals surface area contributed by atoms with E-state index in [4.69, 9.17) is 0 Å². The number of nitrogens with one attached hydrogen (secondary N) is 1. The van der Waals surface area contributed by atoms with E-state index in [1.54, 1.807) is 11.8 Å². The summed E-state index contributed by atoms with van der Waals surface area (Å²) in [5, 5.41) is 2.78. The molecule has 0 saturated carbocycles. The van der Waals surface area contributed by atoms with Gasteiger partial charge in [-0.15, -0.1) is 0 Å². The number of halogens is 2. The number of aryl methyl sites for hydroxylation is 1. The predicted molar refractivity (Wildman–Crippen MR) is 77.9 cm³/mol. The predicted octanol–water partition coefficient (Wildman–Crippen LogP) is 2.85. The number of hydrogen-bond donors (Lipinski definition) is 1. The van der Waals surface area contributed by atoms with Crippen LogP contribution in [0.5, 0.6) is 0 Å². The van der Waals surface area contributed by atoms with E-state index in [0.29, 0.717) is 28.7 Å². The van der Waals surface area contributed by atoms with Crippen molar-refractivity contribution in [2.24, 2.45) is 0 Å². The molecule has 2 amide bonds. The number of likely N-dealkylation sites (tertiary alicyclic amines) is 1. The number of amides is 2. The maximum atomic E-state index is 13.4. The maximum Gasteiger partial charge on any atom is 0.247 e. The second kappa shape index (κ2) is 5.91. The highest BCUT2D eigenvalue weighted by atomic mass is 79.9. The summed E-state index contributed by atoms with van der Waals surface area (Å²) >= 11 is 3.10. The first-order valence-electron chi connectivity index (χ1n) is 6.44. The van der Waals surface area contributed by atoms with Crippen LogP contribution in [0.25, 0.3) is 0 Å². The Morgan fingerprint density at radius 2 is 2.15 bits per heavy atom. The van der Waals surface area contributed by atoms with Crippen molar-refractivity contribution in [2.45, 2.75) is 32.7 Å². The molecule has 0 bridgehead atoms. The zero-order valence-corrected chi connectivity index (χ0v) is 13.0. The molecule has 1 aliphatic heterocycles. The molecule has 1 N–H and O–H groups in total. The quantitative estimate of drug-likeness (QED) is 0.898. The van der Waals surface area contributed by atoms with Gasteiger partial charge in [0.2, 0.25) is 11.8 Å². The summed E-state index contributed by atoms with van der Waals surface area (Å²) in [4.78, 5) is 25.3. The van der Waals surface area contributed by atoms with E-state index in [9.17, 15) is 14.0 Å². The number of hydrogen-bond acceptors (Lipinski definition) is 2. The number of carbonyl (C=O) groups is 2. The molecule has 4 nitrogen and oxygen atoms in total. The highest BCUT2D eigenvalue weighted by molar-refractivity contribution is 9.10. The zero-order chi connectivity index (χ0) is 14.9. The van der Waals surface area contributed by atoms with Crippen molar-refractivity contribution >= 4 is 33.4 Å². The number of carbonyl (C=O) groups excluding carboxylic acids is 2. The number of nitrogens with zero attached hydrogens (tertiary/aromatic N) is 1. The SMILES string of the molecule is CC(=O)N1CCC[C@@H]1C(=O)Nc1cc(Br)c(F)cc1C. The molecular weight excluding hydrogens is 327 g/mol. The van der Waals surface area contributed by atoms with Gasteiger partial charge in [0.1, 0.15) is 11.9 Å². The third kappa shape index (κ3) is 3.00. The molecule has 1 aliphatic rings. The Morgan fingerprint density at radius 1 is 1.45 bits per heavy atom. The molecule has 0 radical (unpaired) electrons. The first-order valence-corrected chi connectivity index (χ1v) is 7.23. The smallest absolute Gasteiger partial charge is 0.247 e. The summed E-state index contributed by atoms with van der Waals surface area (Å²) in [6.07, 6.45) is 1.48. The van der Waals surface area contributed by atoms with Crippen LogP contribution in [0.15, 0.2) is 16.6 Å². The summed E-state index contributed by atoms with van der Waals surface area (Å²) in [6, 6.07) is 2.46. The lowest BCUT2D eigenvalue weighted by atomic mass is 10.1. The standard InChI is InChI=1S/C14H16BrFN2O2/c1-8-6-11(16)10(15)7-12(8)17-14(20)13-4-3-5-18(13)9(2)19/h6-7,13H,3-5H2,1-2H3,(H,17,20)/t13-/m1/s1. The van der Waals surface area contributed by atoms with Gasteiger partial charge in [-0.05, 0) is 53.4 Å². The van der Waals surface area contributed by atoms with Crippen molar-refractivity contribution in [3.8, 4) is 0 Å². The molecule has 6 heteroatoms. The molecule has 0 aromatic heterocycles. The first-order chi connectivity index (χ1) is 9.40. The van der Waals surface area contributed by atoms with E-state index < -0.39 is 6.04 Å². The summed E-state index contributed by atoms with van der Waals surface area (Å²) in [7, 11) is 0. The van der Waals surface area contributed by atoms with Crippen molar-refractivity contribution in [1.29, 1.82) is 0 Å². The molecule has 1 fully saturated rings. The van der Waals surface area contributed by atoms with Gasteiger partial charge in [0.25, 0.3) is 0 Å². The van der Waals surface area contributed by atoms with Crippen LogP contribution in [0.4, 0.5) is 10.1 Å². The van der Waals surface area contributed by atoms with Gasteiger partial charge in [-0.1, -0.05) is 0 Å². The van der Waals surface area contributed by atoms with Gasteiger partial charge in [0.05, 0.1) is 4.47 Å².